The Kier molecular flexibility index (Phi) is 16.7. The molecule has 0 aliphatic carbocycles. The highest BCUT2D eigenvalue weighted by Gasteiger charge is 2.08. The maximum atomic E-state index is 5.38. The summed E-state index contributed by atoms with van der Waals surface area (Å²) in [7, 11) is 0. The minimum Gasteiger partial charge on any atom is -0.376 e. The van der Waals surface area contributed by atoms with Gasteiger partial charge < -0.3 is 16.0 Å². The summed E-state index contributed by atoms with van der Waals surface area (Å²) in [5, 5.41) is 3.38. The molecule has 0 atom stereocenters. The number of hydrogen-bond donors (Lipinski definition) is 2. The molecule has 3 nitrogen and oxygen atoms in total. The van der Waals surface area contributed by atoms with E-state index >= 15 is 0 Å². The zero-order valence-corrected chi connectivity index (χ0v) is 13.7. The summed E-state index contributed by atoms with van der Waals surface area (Å²) in [5.74, 6) is 1.40. The number of thiocarbonyl (C=S) groups is 1. The van der Waals surface area contributed by atoms with E-state index in [-0.39, 0.29) is 24.8 Å². The van der Waals surface area contributed by atoms with Gasteiger partial charge >= 0.3 is 0 Å². The molecule has 0 rings (SSSR count). The van der Waals surface area contributed by atoms with E-state index in [0.717, 1.165) is 26.2 Å². The van der Waals surface area contributed by atoms with Crippen LogP contribution in [-0.2, 0) is 0 Å². The Morgan fingerprint density at radius 1 is 1.12 bits per heavy atom. The van der Waals surface area contributed by atoms with E-state index in [4.69, 9.17) is 18.0 Å². The standard InChI is InChI=1S/C11H25N3S.2ClH/c1-9(2)7-14(8-10(3)4)6-5-13-11(12)15;;/h9-10H,5-8H2,1-4H3,(H3,12,13,15);2*1H. The number of rotatable bonds is 7. The molecule has 0 unspecified atom stereocenters. The lowest BCUT2D eigenvalue weighted by Crippen LogP contribution is -2.40. The van der Waals surface area contributed by atoms with Crippen molar-refractivity contribution in [3.8, 4) is 0 Å². The third kappa shape index (κ3) is 16.2. The molecule has 0 spiro atoms. The topological polar surface area (TPSA) is 41.3 Å². The van der Waals surface area contributed by atoms with Crippen LogP contribution in [0.2, 0.25) is 0 Å². The fraction of sp³-hybridized carbons (Fsp3) is 0.909. The van der Waals surface area contributed by atoms with Gasteiger partial charge in [0.25, 0.3) is 0 Å². The maximum Gasteiger partial charge on any atom is 0.163 e. The Labute approximate surface area is 124 Å². The van der Waals surface area contributed by atoms with E-state index in [0.29, 0.717) is 16.9 Å². The average molecular weight is 304 g/mol. The summed E-state index contributed by atoms with van der Waals surface area (Å²) in [6.45, 7) is 13.1. The summed E-state index contributed by atoms with van der Waals surface area (Å²) in [6.07, 6.45) is 0. The van der Waals surface area contributed by atoms with E-state index in [9.17, 15) is 0 Å². The molecule has 0 bridgehead atoms. The predicted molar refractivity (Wildman–Crippen MR) is 85.4 cm³/mol. The lowest BCUT2D eigenvalue weighted by Gasteiger charge is -2.26. The van der Waals surface area contributed by atoms with Crippen LogP contribution in [-0.4, -0.2) is 36.2 Å². The Balaban J connectivity index is -0.000000980. The first kappa shape index (κ1) is 22.4. The molecule has 0 aliphatic heterocycles. The Bertz CT molecular complexity index is 180. The van der Waals surface area contributed by atoms with Crippen molar-refractivity contribution in [3.05, 3.63) is 0 Å². The zero-order valence-electron chi connectivity index (χ0n) is 11.2. The van der Waals surface area contributed by atoms with Crippen LogP contribution >= 0.6 is 37.0 Å². The van der Waals surface area contributed by atoms with Gasteiger partial charge in [-0.3, -0.25) is 0 Å². The van der Waals surface area contributed by atoms with Gasteiger partial charge in [-0.05, 0) is 24.1 Å². The average Bonchev–Trinajstić information content (AvgIpc) is 2.00. The Morgan fingerprint density at radius 3 is 1.82 bits per heavy atom. The van der Waals surface area contributed by atoms with Gasteiger partial charge in [-0.1, -0.05) is 27.7 Å². The van der Waals surface area contributed by atoms with Crippen molar-refractivity contribution in [3.63, 3.8) is 0 Å². The van der Waals surface area contributed by atoms with Crippen LogP contribution in [0.5, 0.6) is 0 Å². The first-order valence-corrected chi connectivity index (χ1v) is 6.08. The third-order valence-corrected chi connectivity index (χ3v) is 2.12. The van der Waals surface area contributed by atoms with Gasteiger partial charge in [-0.25, -0.2) is 0 Å². The highest BCUT2D eigenvalue weighted by atomic mass is 35.5. The summed E-state index contributed by atoms with van der Waals surface area (Å²) >= 11 is 4.77. The number of nitrogens with two attached hydrogens (primary N) is 1. The Hall–Kier alpha value is 0.230. The maximum absolute atomic E-state index is 5.38. The molecule has 0 saturated heterocycles. The van der Waals surface area contributed by atoms with Crippen LogP contribution in [0.25, 0.3) is 0 Å². The van der Waals surface area contributed by atoms with Crippen LogP contribution in [0, 0.1) is 11.8 Å². The van der Waals surface area contributed by atoms with Crippen molar-refractivity contribution < 1.29 is 0 Å². The monoisotopic (exact) mass is 303 g/mol. The zero-order chi connectivity index (χ0) is 11.8. The normalized spacial score (nSPS) is 10.1. The fourth-order valence-corrected chi connectivity index (χ4v) is 1.73. The van der Waals surface area contributed by atoms with Crippen molar-refractivity contribution >= 4 is 42.1 Å². The minimum absolute atomic E-state index is 0. The summed E-state index contributed by atoms with van der Waals surface area (Å²) in [6, 6.07) is 0. The molecular weight excluding hydrogens is 277 g/mol. The van der Waals surface area contributed by atoms with Crippen molar-refractivity contribution in [2.45, 2.75) is 27.7 Å². The first-order chi connectivity index (χ1) is 6.91. The molecule has 106 valence electrons. The summed E-state index contributed by atoms with van der Waals surface area (Å²) < 4.78 is 0. The fourth-order valence-electron chi connectivity index (χ4n) is 1.63. The molecule has 0 fully saturated rings. The van der Waals surface area contributed by atoms with Crippen molar-refractivity contribution in [1.29, 1.82) is 0 Å². The van der Waals surface area contributed by atoms with Gasteiger partial charge in [0, 0.05) is 26.2 Å². The molecule has 0 heterocycles. The van der Waals surface area contributed by atoms with Gasteiger partial charge in [-0.2, -0.15) is 0 Å². The molecule has 6 heteroatoms. The molecule has 0 aliphatic rings. The van der Waals surface area contributed by atoms with E-state index < -0.39 is 0 Å². The van der Waals surface area contributed by atoms with Crippen LogP contribution < -0.4 is 11.1 Å². The van der Waals surface area contributed by atoms with Crippen LogP contribution in [0.3, 0.4) is 0 Å². The smallest absolute Gasteiger partial charge is 0.163 e. The van der Waals surface area contributed by atoms with E-state index in [1.807, 2.05) is 0 Å². The second-order valence-electron chi connectivity index (χ2n) is 4.84. The minimum atomic E-state index is 0. The van der Waals surface area contributed by atoms with Crippen molar-refractivity contribution in [2.24, 2.45) is 17.6 Å². The lowest BCUT2D eigenvalue weighted by molar-refractivity contribution is 0.223. The summed E-state index contributed by atoms with van der Waals surface area (Å²) in [5.41, 5.74) is 5.38. The molecule has 0 aromatic carbocycles. The number of halogens is 2. The highest BCUT2D eigenvalue weighted by molar-refractivity contribution is 7.80. The molecule has 17 heavy (non-hydrogen) atoms. The van der Waals surface area contributed by atoms with Crippen LogP contribution in [0.4, 0.5) is 0 Å². The van der Waals surface area contributed by atoms with Crippen molar-refractivity contribution in [1.82, 2.24) is 10.2 Å². The molecule has 0 saturated carbocycles. The van der Waals surface area contributed by atoms with E-state index in [1.54, 1.807) is 0 Å². The van der Waals surface area contributed by atoms with Gasteiger partial charge in [-0.15, -0.1) is 24.8 Å². The number of hydrogen-bond acceptors (Lipinski definition) is 2. The highest BCUT2D eigenvalue weighted by Crippen LogP contribution is 2.02. The van der Waals surface area contributed by atoms with Gasteiger partial charge in [0.05, 0.1) is 0 Å². The van der Waals surface area contributed by atoms with E-state index in [2.05, 4.69) is 37.9 Å². The van der Waals surface area contributed by atoms with Crippen molar-refractivity contribution in [2.75, 3.05) is 26.2 Å². The largest absolute Gasteiger partial charge is 0.376 e. The summed E-state index contributed by atoms with van der Waals surface area (Å²) in [4.78, 5) is 2.46. The SMILES string of the molecule is CC(C)CN(CCNC(N)=S)CC(C)C.Cl.Cl. The Morgan fingerprint density at radius 2 is 1.53 bits per heavy atom. The van der Waals surface area contributed by atoms with Crippen LogP contribution in [0.15, 0.2) is 0 Å². The second-order valence-corrected chi connectivity index (χ2v) is 5.28. The molecule has 3 N–H and O–H groups in total. The van der Waals surface area contributed by atoms with E-state index in [1.165, 1.54) is 0 Å². The first-order valence-electron chi connectivity index (χ1n) is 5.67. The van der Waals surface area contributed by atoms with Gasteiger partial charge in [0.1, 0.15) is 0 Å². The third-order valence-electron chi connectivity index (χ3n) is 1.97. The van der Waals surface area contributed by atoms with Gasteiger partial charge in [0.2, 0.25) is 0 Å². The molecular formula is C11H27Cl2N3S. The molecule has 0 aromatic heterocycles. The predicted octanol–water partition coefficient (Wildman–Crippen LogP) is 2.28. The van der Waals surface area contributed by atoms with Gasteiger partial charge in [0.15, 0.2) is 5.11 Å². The van der Waals surface area contributed by atoms with Crippen LogP contribution in [0.1, 0.15) is 27.7 Å². The molecule has 0 amide bonds. The lowest BCUT2D eigenvalue weighted by atomic mass is 10.1. The quantitative estimate of drug-likeness (QED) is 0.708. The number of nitrogens with zero attached hydrogens (tertiary/aromatic N) is 1. The number of nitrogens with one attached hydrogen (secondary N) is 1. The second kappa shape index (κ2) is 12.7. The molecule has 0 aromatic rings. The molecule has 0 radical (unpaired) electrons.